The molecule has 5 rings (SSSR count). The molecule has 11 heteroatoms. The molecular weight excluding hydrogens is 516 g/mol. The summed E-state index contributed by atoms with van der Waals surface area (Å²) >= 11 is 0. The Labute approximate surface area is 226 Å². The van der Waals surface area contributed by atoms with Gasteiger partial charge in [-0.1, -0.05) is 61.2 Å². The number of pyridine rings is 1. The van der Waals surface area contributed by atoms with Gasteiger partial charge in [0.25, 0.3) is 10.0 Å². The first-order chi connectivity index (χ1) is 18.7. The molecule has 0 saturated heterocycles. The van der Waals surface area contributed by atoms with Crippen molar-refractivity contribution >= 4 is 27.2 Å². The van der Waals surface area contributed by atoms with Gasteiger partial charge in [-0.15, -0.1) is 0 Å². The van der Waals surface area contributed by atoms with Crippen molar-refractivity contribution in [1.29, 1.82) is 0 Å². The van der Waals surface area contributed by atoms with E-state index in [9.17, 15) is 8.42 Å². The maximum absolute atomic E-state index is 13.5. The van der Waals surface area contributed by atoms with Crippen molar-refractivity contribution in [3.63, 3.8) is 0 Å². The van der Waals surface area contributed by atoms with Crippen molar-refractivity contribution in [3.05, 3.63) is 97.2 Å². The van der Waals surface area contributed by atoms with Gasteiger partial charge in [0.05, 0.1) is 36.6 Å². The van der Waals surface area contributed by atoms with E-state index in [0.717, 1.165) is 16.7 Å². The highest BCUT2D eigenvalue weighted by molar-refractivity contribution is 7.92. The fraction of sp³-hybridized carbons (Fsp3) is 0.107. The molecule has 198 valence electrons. The van der Waals surface area contributed by atoms with Gasteiger partial charge in [-0.3, -0.25) is 9.40 Å². The van der Waals surface area contributed by atoms with Crippen LogP contribution in [0.15, 0.2) is 95.0 Å². The summed E-state index contributed by atoms with van der Waals surface area (Å²) < 4.78 is 42.1. The molecule has 0 fully saturated rings. The summed E-state index contributed by atoms with van der Waals surface area (Å²) in [5.74, 6) is 1.05. The lowest BCUT2D eigenvalue weighted by atomic mass is 10.1. The number of nitrogens with one attached hydrogen (secondary N) is 2. The number of hydrogen-bond acceptors (Lipinski definition) is 8. The van der Waals surface area contributed by atoms with Gasteiger partial charge in [0.15, 0.2) is 10.7 Å². The lowest BCUT2D eigenvalue weighted by Crippen LogP contribution is -2.17. The fourth-order valence-corrected chi connectivity index (χ4v) is 5.20. The molecule has 2 N–H and O–H groups in total. The summed E-state index contributed by atoms with van der Waals surface area (Å²) in [5, 5.41) is 7.49. The molecule has 39 heavy (non-hydrogen) atoms. The van der Waals surface area contributed by atoms with Crippen LogP contribution < -0.4 is 14.8 Å². The summed E-state index contributed by atoms with van der Waals surface area (Å²) in [7, 11) is -1.10. The van der Waals surface area contributed by atoms with E-state index >= 15 is 0 Å². The number of oxazole rings is 1. The number of benzene rings is 2. The molecule has 0 aliphatic heterocycles. The Morgan fingerprint density at radius 1 is 1.03 bits per heavy atom. The second kappa shape index (κ2) is 10.5. The van der Waals surface area contributed by atoms with Crippen LogP contribution >= 0.6 is 0 Å². The van der Waals surface area contributed by atoms with Gasteiger partial charge in [-0.05, 0) is 18.6 Å². The van der Waals surface area contributed by atoms with Crippen molar-refractivity contribution < 1.29 is 17.6 Å². The Hall–Kier alpha value is -4.90. The first-order valence-corrected chi connectivity index (χ1v) is 13.4. The predicted molar refractivity (Wildman–Crippen MR) is 150 cm³/mol. The standard InChI is InChI=1S/C28H26N6O4S/c1-18-10-8-9-13-22(18)23-15-26(34(3)32-23)33-39(35,36)25-14-21(16-29-28(25)37-4)31-19(2)27-30-17-24(38-27)20-11-6-5-7-12-20/h5-17,31,33H,2H2,1,3-4H3. The molecule has 10 nitrogen and oxygen atoms in total. The number of rotatable bonds is 9. The van der Waals surface area contributed by atoms with Crippen molar-refractivity contribution in [2.24, 2.45) is 7.05 Å². The maximum Gasteiger partial charge on any atom is 0.268 e. The molecule has 0 amide bonds. The van der Waals surface area contributed by atoms with Crippen LogP contribution in [0, 0.1) is 6.92 Å². The Morgan fingerprint density at radius 2 is 1.77 bits per heavy atom. The summed E-state index contributed by atoms with van der Waals surface area (Å²) in [6, 6.07) is 20.4. The second-order valence-electron chi connectivity index (χ2n) is 8.69. The lowest BCUT2D eigenvalue weighted by Gasteiger charge is -2.13. The minimum Gasteiger partial charge on any atom is -0.480 e. The molecule has 0 atom stereocenters. The number of hydrogen-bond donors (Lipinski definition) is 2. The molecule has 0 radical (unpaired) electrons. The quantitative estimate of drug-likeness (QED) is 0.256. The summed E-state index contributed by atoms with van der Waals surface area (Å²) in [6.07, 6.45) is 3.03. The van der Waals surface area contributed by atoms with Crippen LogP contribution in [-0.2, 0) is 17.1 Å². The largest absolute Gasteiger partial charge is 0.480 e. The molecule has 0 unspecified atom stereocenters. The number of methoxy groups -OCH3 is 1. The molecule has 0 bridgehead atoms. The van der Waals surface area contributed by atoms with E-state index in [1.807, 2.05) is 61.5 Å². The maximum atomic E-state index is 13.5. The summed E-state index contributed by atoms with van der Waals surface area (Å²) in [4.78, 5) is 8.28. The van der Waals surface area contributed by atoms with Gasteiger partial charge < -0.3 is 14.5 Å². The monoisotopic (exact) mass is 542 g/mol. The van der Waals surface area contributed by atoms with Crippen LogP contribution in [0.4, 0.5) is 11.5 Å². The average molecular weight is 543 g/mol. The van der Waals surface area contributed by atoms with Crippen molar-refractivity contribution in [2.45, 2.75) is 11.8 Å². The van der Waals surface area contributed by atoms with Crippen LogP contribution in [0.3, 0.4) is 0 Å². The summed E-state index contributed by atoms with van der Waals surface area (Å²) in [5.41, 5.74) is 4.13. The SMILES string of the molecule is C=C(Nc1cnc(OC)c(S(=O)(=O)Nc2cc(-c3ccccc3C)nn2C)c1)c1ncc(-c2ccccc2)o1. The van der Waals surface area contributed by atoms with E-state index in [1.54, 1.807) is 19.3 Å². The fourth-order valence-electron chi connectivity index (χ4n) is 3.97. The van der Waals surface area contributed by atoms with E-state index in [2.05, 4.69) is 31.7 Å². The minimum atomic E-state index is -4.12. The van der Waals surface area contributed by atoms with Crippen LogP contribution in [-0.4, -0.2) is 35.3 Å². The van der Waals surface area contributed by atoms with E-state index in [1.165, 1.54) is 24.1 Å². The van der Waals surface area contributed by atoms with Crippen LogP contribution in [0.5, 0.6) is 5.88 Å². The van der Waals surface area contributed by atoms with Gasteiger partial charge in [-0.25, -0.2) is 18.4 Å². The Kier molecular flexibility index (Phi) is 6.90. The number of nitrogens with zero attached hydrogens (tertiary/aromatic N) is 4. The lowest BCUT2D eigenvalue weighted by molar-refractivity contribution is 0.385. The third kappa shape index (κ3) is 5.39. The zero-order valence-electron chi connectivity index (χ0n) is 21.5. The molecule has 0 spiro atoms. The third-order valence-corrected chi connectivity index (χ3v) is 7.31. The molecule has 2 aromatic carbocycles. The number of sulfonamides is 1. The molecule has 0 saturated carbocycles. The van der Waals surface area contributed by atoms with Crippen LogP contribution in [0.2, 0.25) is 0 Å². The third-order valence-electron chi connectivity index (χ3n) is 5.96. The number of ether oxygens (including phenoxy) is 1. The first kappa shape index (κ1) is 25.7. The van der Waals surface area contributed by atoms with Gasteiger partial charge in [0.2, 0.25) is 11.8 Å². The minimum absolute atomic E-state index is 0.0672. The molecule has 5 aromatic rings. The van der Waals surface area contributed by atoms with Gasteiger partial charge >= 0.3 is 0 Å². The van der Waals surface area contributed by atoms with Crippen molar-refractivity contribution in [1.82, 2.24) is 19.7 Å². The average Bonchev–Trinajstić information content (AvgIpc) is 3.57. The molecule has 0 aliphatic carbocycles. The normalized spacial score (nSPS) is 11.3. The first-order valence-electron chi connectivity index (χ1n) is 11.9. The molecular formula is C28H26N6O4S. The highest BCUT2D eigenvalue weighted by atomic mass is 32.2. The van der Waals surface area contributed by atoms with E-state index in [4.69, 9.17) is 9.15 Å². The molecule has 3 heterocycles. The number of aromatic nitrogens is 4. The highest BCUT2D eigenvalue weighted by Gasteiger charge is 2.24. The Balaban J connectivity index is 1.39. The topological polar surface area (TPSA) is 124 Å². The van der Waals surface area contributed by atoms with E-state index < -0.39 is 10.0 Å². The van der Waals surface area contributed by atoms with Crippen LogP contribution in [0.1, 0.15) is 11.5 Å². The number of aryl methyl sites for hydroxylation is 2. The zero-order valence-corrected chi connectivity index (χ0v) is 22.4. The molecule has 0 aliphatic rings. The van der Waals surface area contributed by atoms with Gasteiger partial charge in [-0.2, -0.15) is 5.10 Å². The van der Waals surface area contributed by atoms with Crippen LogP contribution in [0.25, 0.3) is 28.3 Å². The van der Waals surface area contributed by atoms with E-state index in [-0.39, 0.29) is 22.5 Å². The Morgan fingerprint density at radius 3 is 2.51 bits per heavy atom. The zero-order chi connectivity index (χ0) is 27.6. The highest BCUT2D eigenvalue weighted by Crippen LogP contribution is 2.30. The number of anilines is 2. The Bertz CT molecular complexity index is 1760. The van der Waals surface area contributed by atoms with Gasteiger partial charge in [0, 0.05) is 24.2 Å². The van der Waals surface area contributed by atoms with Crippen molar-refractivity contribution in [2.75, 3.05) is 17.1 Å². The van der Waals surface area contributed by atoms with Crippen molar-refractivity contribution in [3.8, 4) is 28.5 Å². The van der Waals surface area contributed by atoms with Gasteiger partial charge in [0.1, 0.15) is 5.82 Å². The molecule has 3 aromatic heterocycles. The van der Waals surface area contributed by atoms with E-state index in [0.29, 0.717) is 22.8 Å². The smallest absolute Gasteiger partial charge is 0.268 e. The predicted octanol–water partition coefficient (Wildman–Crippen LogP) is 5.34. The summed E-state index contributed by atoms with van der Waals surface area (Å²) in [6.45, 7) is 5.95. The second-order valence-corrected chi connectivity index (χ2v) is 10.3.